The maximum absolute atomic E-state index is 5.97. The standard InChI is InChI=1S/C28H32N10O/c1-2-5-21(6-3-1)15-22-16-31-27(32-17-22)37-11-13-38(14-12-37)28-34-20-33-26(36-28)35-23-8-9-25(30-18-23)39-24-7-4-10-29-19-24/h1-3,5-6,8-9,16-18,20,24,29H,4,7,10-15,19H2,(H,33,34,35,36)/t24-/m0/s1. The Kier molecular flexibility index (Phi) is 7.66. The van der Waals surface area contributed by atoms with Crippen molar-refractivity contribution in [2.45, 2.75) is 25.4 Å². The van der Waals surface area contributed by atoms with Gasteiger partial charge in [-0.3, -0.25) is 0 Å². The molecule has 0 aliphatic carbocycles. The summed E-state index contributed by atoms with van der Waals surface area (Å²) in [6, 6.07) is 14.2. The van der Waals surface area contributed by atoms with Gasteiger partial charge >= 0.3 is 0 Å². The van der Waals surface area contributed by atoms with E-state index in [0.717, 1.165) is 75.7 Å². The highest BCUT2D eigenvalue weighted by Gasteiger charge is 2.21. The van der Waals surface area contributed by atoms with E-state index in [2.05, 4.69) is 74.6 Å². The molecule has 2 saturated heterocycles. The molecule has 3 aromatic heterocycles. The van der Waals surface area contributed by atoms with Gasteiger partial charge in [-0.1, -0.05) is 30.3 Å². The highest BCUT2D eigenvalue weighted by Crippen LogP contribution is 2.20. The Balaban J connectivity index is 1.01. The first kappa shape index (κ1) is 24.9. The highest BCUT2D eigenvalue weighted by atomic mass is 16.5. The van der Waals surface area contributed by atoms with Crippen LogP contribution in [0.3, 0.4) is 0 Å². The minimum Gasteiger partial charge on any atom is -0.473 e. The molecule has 11 heteroatoms. The lowest BCUT2D eigenvalue weighted by molar-refractivity contribution is 0.160. The van der Waals surface area contributed by atoms with E-state index in [0.29, 0.717) is 17.8 Å². The van der Waals surface area contributed by atoms with Crippen molar-refractivity contribution in [1.82, 2.24) is 35.2 Å². The smallest absolute Gasteiger partial charge is 0.232 e. The number of piperidine rings is 1. The molecule has 39 heavy (non-hydrogen) atoms. The van der Waals surface area contributed by atoms with E-state index in [1.165, 1.54) is 11.9 Å². The molecule has 6 rings (SSSR count). The summed E-state index contributed by atoms with van der Waals surface area (Å²) < 4.78 is 5.97. The van der Waals surface area contributed by atoms with Crippen molar-refractivity contribution in [2.75, 3.05) is 54.4 Å². The van der Waals surface area contributed by atoms with Crippen LogP contribution in [-0.4, -0.2) is 75.3 Å². The van der Waals surface area contributed by atoms with Gasteiger partial charge in [-0.15, -0.1) is 0 Å². The van der Waals surface area contributed by atoms with E-state index < -0.39 is 0 Å². The fraction of sp³-hybridized carbons (Fsp3) is 0.357. The summed E-state index contributed by atoms with van der Waals surface area (Å²) in [7, 11) is 0. The molecule has 2 aliphatic rings. The van der Waals surface area contributed by atoms with Crippen molar-refractivity contribution in [3.05, 3.63) is 78.5 Å². The molecule has 0 amide bonds. The molecule has 200 valence electrons. The van der Waals surface area contributed by atoms with Gasteiger partial charge in [0.2, 0.25) is 23.7 Å². The minimum absolute atomic E-state index is 0.169. The van der Waals surface area contributed by atoms with E-state index in [1.54, 1.807) is 6.20 Å². The van der Waals surface area contributed by atoms with Crippen LogP contribution < -0.4 is 25.2 Å². The van der Waals surface area contributed by atoms with E-state index in [9.17, 15) is 0 Å². The zero-order valence-corrected chi connectivity index (χ0v) is 21.8. The Labute approximate surface area is 227 Å². The molecule has 0 radical (unpaired) electrons. The topological polar surface area (TPSA) is 117 Å². The first-order chi connectivity index (χ1) is 19.3. The Morgan fingerprint density at radius 1 is 0.821 bits per heavy atom. The van der Waals surface area contributed by atoms with Crippen molar-refractivity contribution >= 4 is 23.5 Å². The largest absolute Gasteiger partial charge is 0.473 e. The number of anilines is 4. The number of ether oxygens (including phenoxy) is 1. The van der Waals surface area contributed by atoms with Crippen molar-refractivity contribution in [2.24, 2.45) is 0 Å². The molecule has 1 aromatic carbocycles. The van der Waals surface area contributed by atoms with E-state index in [4.69, 9.17) is 4.74 Å². The summed E-state index contributed by atoms with van der Waals surface area (Å²) in [6.45, 7) is 5.02. The first-order valence-electron chi connectivity index (χ1n) is 13.4. The normalized spacial score (nSPS) is 17.6. The maximum Gasteiger partial charge on any atom is 0.232 e. The van der Waals surface area contributed by atoms with Gasteiger partial charge in [0, 0.05) is 57.6 Å². The quantitative estimate of drug-likeness (QED) is 0.354. The van der Waals surface area contributed by atoms with Gasteiger partial charge in [-0.05, 0) is 36.6 Å². The van der Waals surface area contributed by atoms with E-state index in [1.807, 2.05) is 30.6 Å². The minimum atomic E-state index is 0.169. The van der Waals surface area contributed by atoms with Crippen molar-refractivity contribution in [1.29, 1.82) is 0 Å². The summed E-state index contributed by atoms with van der Waals surface area (Å²) in [6.07, 6.45) is 10.3. The Hall–Kier alpha value is -4.38. The number of benzene rings is 1. The number of pyridine rings is 1. The van der Waals surface area contributed by atoms with Crippen LogP contribution in [0.5, 0.6) is 5.88 Å². The second-order valence-corrected chi connectivity index (χ2v) is 9.73. The van der Waals surface area contributed by atoms with E-state index in [-0.39, 0.29) is 6.10 Å². The van der Waals surface area contributed by atoms with Crippen LogP contribution >= 0.6 is 0 Å². The number of nitrogens with zero attached hydrogens (tertiary/aromatic N) is 8. The molecule has 2 fully saturated rings. The molecule has 4 aromatic rings. The van der Waals surface area contributed by atoms with Crippen LogP contribution in [0.2, 0.25) is 0 Å². The SMILES string of the molecule is c1ccc(Cc2cnc(N3CCN(c4ncnc(Nc5ccc(O[C@H]6CCCNC6)nc5)n4)CC3)nc2)cc1. The Morgan fingerprint density at radius 2 is 1.62 bits per heavy atom. The van der Waals surface area contributed by atoms with E-state index >= 15 is 0 Å². The summed E-state index contributed by atoms with van der Waals surface area (Å²) in [5.41, 5.74) is 3.15. The van der Waals surface area contributed by atoms with Crippen molar-refractivity contribution in [3.63, 3.8) is 0 Å². The van der Waals surface area contributed by atoms with Crippen LogP contribution in [0, 0.1) is 0 Å². The highest BCUT2D eigenvalue weighted by molar-refractivity contribution is 5.53. The zero-order valence-electron chi connectivity index (χ0n) is 21.8. The Bertz CT molecular complexity index is 1320. The van der Waals surface area contributed by atoms with Gasteiger partial charge in [0.1, 0.15) is 12.4 Å². The number of hydrogen-bond donors (Lipinski definition) is 2. The molecule has 11 nitrogen and oxygen atoms in total. The molecule has 0 saturated carbocycles. The Morgan fingerprint density at radius 3 is 2.33 bits per heavy atom. The predicted octanol–water partition coefficient (Wildman–Crippen LogP) is 2.85. The van der Waals surface area contributed by atoms with Crippen LogP contribution in [0.4, 0.5) is 23.5 Å². The van der Waals surface area contributed by atoms with Gasteiger partial charge in [-0.2, -0.15) is 4.98 Å². The number of aromatic nitrogens is 6. The third kappa shape index (κ3) is 6.55. The van der Waals surface area contributed by atoms with Gasteiger partial charge < -0.3 is 25.2 Å². The predicted molar refractivity (Wildman–Crippen MR) is 150 cm³/mol. The molecule has 2 N–H and O–H groups in total. The van der Waals surface area contributed by atoms with Crippen LogP contribution in [0.25, 0.3) is 0 Å². The van der Waals surface area contributed by atoms with Crippen molar-refractivity contribution < 1.29 is 4.74 Å². The maximum atomic E-state index is 5.97. The lowest BCUT2D eigenvalue weighted by atomic mass is 10.1. The van der Waals surface area contributed by atoms with Gasteiger partial charge in [0.05, 0.1) is 11.9 Å². The molecular weight excluding hydrogens is 492 g/mol. The fourth-order valence-electron chi connectivity index (χ4n) is 4.79. The molecule has 5 heterocycles. The number of piperazine rings is 1. The number of rotatable bonds is 8. The summed E-state index contributed by atoms with van der Waals surface area (Å²) >= 11 is 0. The van der Waals surface area contributed by atoms with Crippen LogP contribution in [0.1, 0.15) is 24.0 Å². The monoisotopic (exact) mass is 524 g/mol. The summed E-state index contributed by atoms with van der Waals surface area (Å²) in [5.74, 6) is 2.50. The van der Waals surface area contributed by atoms with Gasteiger partial charge in [0.15, 0.2) is 0 Å². The fourth-order valence-corrected chi connectivity index (χ4v) is 4.79. The number of hydrogen-bond acceptors (Lipinski definition) is 11. The third-order valence-electron chi connectivity index (χ3n) is 6.88. The molecule has 0 spiro atoms. The van der Waals surface area contributed by atoms with Gasteiger partial charge in [0.25, 0.3) is 0 Å². The molecule has 0 bridgehead atoms. The first-order valence-corrected chi connectivity index (χ1v) is 13.4. The van der Waals surface area contributed by atoms with Crippen LogP contribution in [-0.2, 0) is 6.42 Å². The second-order valence-electron chi connectivity index (χ2n) is 9.73. The average molecular weight is 525 g/mol. The molecule has 2 aliphatic heterocycles. The second kappa shape index (κ2) is 12.0. The van der Waals surface area contributed by atoms with Crippen LogP contribution in [0.15, 0.2) is 67.4 Å². The number of nitrogens with one attached hydrogen (secondary N) is 2. The summed E-state index contributed by atoms with van der Waals surface area (Å²) in [5, 5.41) is 6.57. The van der Waals surface area contributed by atoms with Crippen molar-refractivity contribution in [3.8, 4) is 5.88 Å². The van der Waals surface area contributed by atoms with Gasteiger partial charge in [-0.25, -0.2) is 24.9 Å². The lowest BCUT2D eigenvalue weighted by Crippen LogP contribution is -2.47. The molecular formula is C28H32N10O. The molecule has 0 unspecified atom stereocenters. The summed E-state index contributed by atoms with van der Waals surface area (Å²) in [4.78, 5) is 31.4. The lowest BCUT2D eigenvalue weighted by Gasteiger charge is -2.34. The zero-order chi connectivity index (χ0) is 26.3. The molecule has 1 atom stereocenters. The average Bonchev–Trinajstić information content (AvgIpc) is 3.00. The third-order valence-corrected chi connectivity index (χ3v) is 6.88.